The normalized spacial score (nSPS) is 20.8. The van der Waals surface area contributed by atoms with Crippen molar-refractivity contribution >= 4 is 6.16 Å². The van der Waals surface area contributed by atoms with E-state index in [4.69, 9.17) is 4.74 Å². The Hall–Kier alpha value is -0.770. The maximum atomic E-state index is 10.2. The topological polar surface area (TPSA) is 44.8 Å². The average Bonchev–Trinajstić information content (AvgIpc) is 1.84. The van der Waals surface area contributed by atoms with Gasteiger partial charge < -0.3 is 14.2 Å². The maximum absolute atomic E-state index is 10.2. The molecule has 0 radical (unpaired) electrons. The minimum Gasteiger partial charge on any atom is -0.365 e. The Balaban J connectivity index is 2.39. The van der Waals surface area contributed by atoms with E-state index in [0.717, 1.165) is 0 Å². The number of hydrogen-bond donors (Lipinski definition) is 0. The van der Waals surface area contributed by atoms with Crippen LogP contribution in [0.25, 0.3) is 0 Å². The first kappa shape index (κ1) is 7.34. The van der Waals surface area contributed by atoms with Crippen molar-refractivity contribution in [1.82, 2.24) is 0 Å². The van der Waals surface area contributed by atoms with E-state index in [-0.39, 0.29) is 0 Å². The van der Waals surface area contributed by atoms with E-state index in [1.165, 1.54) is 0 Å². The lowest BCUT2D eigenvalue weighted by Gasteiger charge is -2.37. The van der Waals surface area contributed by atoms with Gasteiger partial charge in [0.2, 0.25) is 0 Å². The summed E-state index contributed by atoms with van der Waals surface area (Å²) in [6.07, 6.45) is -0.137. The molecular formula is C6H10O4. The van der Waals surface area contributed by atoms with Crippen LogP contribution < -0.4 is 0 Å². The highest BCUT2D eigenvalue weighted by Crippen LogP contribution is 2.29. The zero-order chi connectivity index (χ0) is 7.61. The van der Waals surface area contributed by atoms with E-state index >= 15 is 0 Å². The van der Waals surface area contributed by atoms with Gasteiger partial charge in [-0.05, 0) is 6.92 Å². The Morgan fingerprint density at radius 2 is 2.10 bits per heavy atom. The van der Waals surface area contributed by atoms with Gasteiger partial charge in [-0.25, -0.2) is 4.79 Å². The summed E-state index contributed by atoms with van der Waals surface area (Å²) < 4.78 is 14.3. The van der Waals surface area contributed by atoms with Crippen molar-refractivity contribution in [3.05, 3.63) is 0 Å². The van der Waals surface area contributed by atoms with Gasteiger partial charge in [0.25, 0.3) is 0 Å². The molecule has 0 atom stereocenters. The fourth-order valence-electron chi connectivity index (χ4n) is 0.787. The Bertz CT molecular complexity index is 135. The molecule has 1 heterocycles. The van der Waals surface area contributed by atoms with Gasteiger partial charge in [-0.2, -0.15) is 0 Å². The first-order chi connectivity index (χ1) is 4.72. The molecule has 0 bridgehead atoms. The van der Waals surface area contributed by atoms with Crippen LogP contribution in [0.5, 0.6) is 0 Å². The summed E-state index contributed by atoms with van der Waals surface area (Å²) in [7, 11) is 0. The van der Waals surface area contributed by atoms with Gasteiger partial charge in [-0.15, -0.1) is 0 Å². The molecule has 0 unspecified atom stereocenters. The number of hydrogen-bond acceptors (Lipinski definition) is 4. The number of carbonyl (C=O) groups is 1. The molecule has 4 nitrogen and oxygen atoms in total. The molecule has 1 aliphatic heterocycles. The molecular weight excluding hydrogens is 136 g/mol. The summed E-state index contributed by atoms with van der Waals surface area (Å²) in [5, 5.41) is 0. The molecule has 58 valence electrons. The molecule has 1 rings (SSSR count). The Labute approximate surface area is 59.1 Å². The fourth-order valence-corrected chi connectivity index (χ4v) is 0.787. The molecule has 0 spiro atoms. The number of ether oxygens (including phenoxy) is 3. The van der Waals surface area contributed by atoms with Crippen molar-refractivity contribution in [3.63, 3.8) is 0 Å². The summed E-state index contributed by atoms with van der Waals surface area (Å²) in [6, 6.07) is 0. The summed E-state index contributed by atoms with van der Waals surface area (Å²) in [4.78, 5) is 10.2. The van der Waals surface area contributed by atoms with Gasteiger partial charge >= 0.3 is 12.1 Å². The fraction of sp³-hybridized carbons (Fsp3) is 0.833. The zero-order valence-corrected chi connectivity index (χ0v) is 6.05. The highest BCUT2D eigenvalue weighted by Gasteiger charge is 2.48. The molecule has 0 amide bonds. The van der Waals surface area contributed by atoms with Gasteiger partial charge in [-0.3, -0.25) is 0 Å². The van der Waals surface area contributed by atoms with Crippen LogP contribution in [0.4, 0.5) is 4.79 Å². The maximum Gasteiger partial charge on any atom is 0.518 e. The summed E-state index contributed by atoms with van der Waals surface area (Å²) >= 11 is 0. The molecule has 10 heavy (non-hydrogen) atoms. The van der Waals surface area contributed by atoms with Crippen LogP contribution in [0.15, 0.2) is 0 Å². The third-order valence-electron chi connectivity index (χ3n) is 1.27. The van der Waals surface area contributed by atoms with E-state index in [9.17, 15) is 4.79 Å². The molecule has 1 fully saturated rings. The lowest BCUT2D eigenvalue weighted by atomic mass is 10.4. The van der Waals surface area contributed by atoms with Crippen molar-refractivity contribution in [2.24, 2.45) is 0 Å². The smallest absolute Gasteiger partial charge is 0.365 e. The summed E-state index contributed by atoms with van der Waals surface area (Å²) in [5.41, 5.74) is 0. The molecule has 0 N–H and O–H groups in total. The van der Waals surface area contributed by atoms with Gasteiger partial charge in [0.1, 0.15) is 0 Å². The standard InChI is InChI=1S/C6H10O4/c1-3-6(8-4-2)9-5(7)10-6/h3-4H2,1-2H3. The van der Waals surface area contributed by atoms with Crippen molar-refractivity contribution in [2.75, 3.05) is 6.61 Å². The van der Waals surface area contributed by atoms with Crippen molar-refractivity contribution < 1.29 is 19.0 Å². The lowest BCUT2D eigenvalue weighted by molar-refractivity contribution is -0.403. The van der Waals surface area contributed by atoms with Gasteiger partial charge in [-0.1, -0.05) is 6.92 Å². The SMILES string of the molecule is CCOC1(CC)OC(=O)O1. The minimum absolute atomic E-state index is 0.473. The zero-order valence-electron chi connectivity index (χ0n) is 6.05. The Morgan fingerprint density at radius 1 is 1.50 bits per heavy atom. The van der Waals surface area contributed by atoms with Crippen LogP contribution >= 0.6 is 0 Å². The molecule has 0 aliphatic carbocycles. The van der Waals surface area contributed by atoms with Crippen LogP contribution in [0.1, 0.15) is 20.3 Å². The lowest BCUT2D eigenvalue weighted by Crippen LogP contribution is -2.51. The second-order valence-electron chi connectivity index (χ2n) is 1.92. The quantitative estimate of drug-likeness (QED) is 0.562. The van der Waals surface area contributed by atoms with Crippen molar-refractivity contribution in [1.29, 1.82) is 0 Å². The highest BCUT2D eigenvalue weighted by atomic mass is 17.0. The molecule has 0 aromatic carbocycles. The van der Waals surface area contributed by atoms with E-state index in [0.29, 0.717) is 13.0 Å². The molecule has 0 saturated carbocycles. The second kappa shape index (κ2) is 2.46. The van der Waals surface area contributed by atoms with E-state index < -0.39 is 12.1 Å². The third-order valence-corrected chi connectivity index (χ3v) is 1.27. The summed E-state index contributed by atoms with van der Waals surface area (Å²) in [5.74, 6) is -1.06. The first-order valence-corrected chi connectivity index (χ1v) is 3.28. The predicted molar refractivity (Wildman–Crippen MR) is 32.2 cm³/mol. The molecule has 1 aliphatic rings. The monoisotopic (exact) mass is 146 g/mol. The first-order valence-electron chi connectivity index (χ1n) is 3.28. The van der Waals surface area contributed by atoms with Crippen LogP contribution in [-0.4, -0.2) is 18.7 Å². The van der Waals surface area contributed by atoms with Gasteiger partial charge in [0.15, 0.2) is 0 Å². The highest BCUT2D eigenvalue weighted by molar-refractivity contribution is 5.64. The predicted octanol–water partition coefficient (Wildman–Crippen LogP) is 1.25. The number of rotatable bonds is 3. The second-order valence-corrected chi connectivity index (χ2v) is 1.92. The Kier molecular flexibility index (Phi) is 1.80. The van der Waals surface area contributed by atoms with Gasteiger partial charge in [0, 0.05) is 0 Å². The Morgan fingerprint density at radius 3 is 2.40 bits per heavy atom. The van der Waals surface area contributed by atoms with Crippen LogP contribution in [-0.2, 0) is 14.2 Å². The third kappa shape index (κ3) is 1.07. The number of carbonyl (C=O) groups excluding carboxylic acids is 1. The van der Waals surface area contributed by atoms with Crippen molar-refractivity contribution in [3.8, 4) is 0 Å². The molecule has 0 aromatic heterocycles. The van der Waals surface area contributed by atoms with Gasteiger partial charge in [0.05, 0.1) is 13.0 Å². The van der Waals surface area contributed by atoms with E-state index in [2.05, 4.69) is 9.47 Å². The van der Waals surface area contributed by atoms with E-state index in [1.807, 2.05) is 13.8 Å². The summed E-state index contributed by atoms with van der Waals surface area (Å²) in [6.45, 7) is 4.11. The largest absolute Gasteiger partial charge is 0.518 e. The van der Waals surface area contributed by atoms with Crippen LogP contribution in [0, 0.1) is 0 Å². The van der Waals surface area contributed by atoms with Crippen LogP contribution in [0.2, 0.25) is 0 Å². The molecule has 4 heteroatoms. The van der Waals surface area contributed by atoms with Crippen LogP contribution in [0.3, 0.4) is 0 Å². The van der Waals surface area contributed by atoms with E-state index in [1.54, 1.807) is 0 Å². The van der Waals surface area contributed by atoms with Crippen molar-refractivity contribution in [2.45, 2.75) is 26.2 Å². The number of cyclic esters (lactones) is 2. The molecule has 1 saturated heterocycles. The molecule has 0 aromatic rings. The average molecular weight is 146 g/mol. The minimum atomic E-state index is -1.06.